The quantitative estimate of drug-likeness (QED) is 0.472. The molecule has 9 heteroatoms. The molecule has 152 valence electrons. The summed E-state index contributed by atoms with van der Waals surface area (Å²) in [5.41, 5.74) is 9.10. The number of hydrogen-bond acceptors (Lipinski definition) is 8. The molecule has 0 atom stereocenters. The molecule has 1 fully saturated rings. The van der Waals surface area contributed by atoms with Crippen LogP contribution in [-0.2, 0) is 0 Å². The Kier molecular flexibility index (Phi) is 6.08. The Bertz CT molecular complexity index is 992. The normalized spacial score (nSPS) is 15.7. The molecule has 3 heterocycles. The standard InChI is InChI=1S/C20H24FN7S/c1-27-4-6-28(7-5-27)8-9-29-26-16-11-14(10-15(21)12-16)17-2-3-18-19(25-17)20(22)24-13-23-18/h2-3,10-13,26H,4-9H2,1H3,(H2,22,23,24). The van der Waals surface area contributed by atoms with Crippen LogP contribution in [0.1, 0.15) is 0 Å². The van der Waals surface area contributed by atoms with Crippen LogP contribution in [0.2, 0.25) is 0 Å². The number of anilines is 2. The topological polar surface area (TPSA) is 83.2 Å². The minimum absolute atomic E-state index is 0.311. The van der Waals surface area contributed by atoms with Gasteiger partial charge in [-0.1, -0.05) is 11.9 Å². The zero-order chi connectivity index (χ0) is 20.2. The predicted octanol–water partition coefficient (Wildman–Crippen LogP) is 2.72. The van der Waals surface area contributed by atoms with Gasteiger partial charge in [0.05, 0.1) is 11.2 Å². The summed E-state index contributed by atoms with van der Waals surface area (Å²) >= 11 is 1.59. The van der Waals surface area contributed by atoms with Crippen molar-refractivity contribution in [1.29, 1.82) is 0 Å². The first-order valence-electron chi connectivity index (χ1n) is 9.55. The molecule has 3 N–H and O–H groups in total. The van der Waals surface area contributed by atoms with E-state index in [1.807, 2.05) is 18.2 Å². The largest absolute Gasteiger partial charge is 0.382 e. The number of halogens is 1. The van der Waals surface area contributed by atoms with Gasteiger partial charge in [-0.25, -0.2) is 19.3 Å². The van der Waals surface area contributed by atoms with Gasteiger partial charge in [0.1, 0.15) is 17.7 Å². The second-order valence-electron chi connectivity index (χ2n) is 7.15. The first kappa shape index (κ1) is 19.8. The molecule has 0 radical (unpaired) electrons. The van der Waals surface area contributed by atoms with Crippen LogP contribution in [0.5, 0.6) is 0 Å². The Hall–Kier alpha value is -2.49. The van der Waals surface area contributed by atoms with Crippen LogP contribution >= 0.6 is 11.9 Å². The Morgan fingerprint density at radius 1 is 1.14 bits per heavy atom. The van der Waals surface area contributed by atoms with Gasteiger partial charge in [0.2, 0.25) is 0 Å². The van der Waals surface area contributed by atoms with Crippen molar-refractivity contribution >= 4 is 34.5 Å². The third-order valence-electron chi connectivity index (χ3n) is 5.00. The molecule has 7 nitrogen and oxygen atoms in total. The summed E-state index contributed by atoms with van der Waals surface area (Å²) in [6, 6.07) is 8.48. The van der Waals surface area contributed by atoms with E-state index < -0.39 is 0 Å². The van der Waals surface area contributed by atoms with Crippen LogP contribution in [-0.4, -0.2) is 70.3 Å². The lowest BCUT2D eigenvalue weighted by Gasteiger charge is -2.32. The molecule has 0 unspecified atom stereocenters. The lowest BCUT2D eigenvalue weighted by molar-refractivity contribution is 0.161. The number of aromatic nitrogens is 3. The van der Waals surface area contributed by atoms with Crippen molar-refractivity contribution in [3.05, 3.63) is 42.5 Å². The van der Waals surface area contributed by atoms with Gasteiger partial charge in [0.15, 0.2) is 5.82 Å². The number of hydrogen-bond donors (Lipinski definition) is 2. The van der Waals surface area contributed by atoms with E-state index in [-0.39, 0.29) is 5.82 Å². The van der Waals surface area contributed by atoms with E-state index in [4.69, 9.17) is 5.73 Å². The van der Waals surface area contributed by atoms with Crippen molar-refractivity contribution in [2.75, 3.05) is 56.0 Å². The molecule has 29 heavy (non-hydrogen) atoms. The Balaban J connectivity index is 1.42. The fraction of sp³-hybridized carbons (Fsp3) is 0.350. The molecule has 0 bridgehead atoms. The molecule has 0 spiro atoms. The maximum Gasteiger partial charge on any atom is 0.153 e. The minimum atomic E-state index is -0.316. The average Bonchev–Trinajstić information content (AvgIpc) is 2.72. The molecular weight excluding hydrogens is 389 g/mol. The van der Waals surface area contributed by atoms with Gasteiger partial charge in [-0.3, -0.25) is 4.90 Å². The van der Waals surface area contributed by atoms with Gasteiger partial charge < -0.3 is 15.4 Å². The Morgan fingerprint density at radius 2 is 1.97 bits per heavy atom. The Morgan fingerprint density at radius 3 is 2.79 bits per heavy atom. The highest BCUT2D eigenvalue weighted by Crippen LogP contribution is 2.26. The summed E-state index contributed by atoms with van der Waals surface area (Å²) in [5.74, 6) is 0.924. The van der Waals surface area contributed by atoms with Crippen molar-refractivity contribution in [3.8, 4) is 11.3 Å². The molecule has 1 aliphatic rings. The first-order chi connectivity index (χ1) is 14.1. The van der Waals surface area contributed by atoms with E-state index in [9.17, 15) is 4.39 Å². The van der Waals surface area contributed by atoms with E-state index in [0.717, 1.165) is 38.5 Å². The van der Waals surface area contributed by atoms with Gasteiger partial charge >= 0.3 is 0 Å². The van der Waals surface area contributed by atoms with E-state index in [2.05, 4.69) is 36.5 Å². The summed E-state index contributed by atoms with van der Waals surface area (Å²) in [7, 11) is 2.15. The van der Waals surface area contributed by atoms with E-state index in [1.165, 1.54) is 18.5 Å². The number of benzene rings is 1. The van der Waals surface area contributed by atoms with Crippen LogP contribution in [0, 0.1) is 5.82 Å². The molecule has 0 aliphatic carbocycles. The van der Waals surface area contributed by atoms with Crippen LogP contribution in [0.3, 0.4) is 0 Å². The highest BCUT2D eigenvalue weighted by molar-refractivity contribution is 8.00. The number of fused-ring (bicyclic) bond motifs is 1. The number of pyridine rings is 1. The van der Waals surface area contributed by atoms with Crippen LogP contribution in [0.25, 0.3) is 22.3 Å². The van der Waals surface area contributed by atoms with Gasteiger partial charge in [0, 0.05) is 49.7 Å². The van der Waals surface area contributed by atoms with Gasteiger partial charge in [0.25, 0.3) is 0 Å². The summed E-state index contributed by atoms with van der Waals surface area (Å²) in [4.78, 5) is 17.5. The zero-order valence-electron chi connectivity index (χ0n) is 16.3. The first-order valence-corrected chi connectivity index (χ1v) is 10.5. The van der Waals surface area contributed by atoms with Gasteiger partial charge in [-0.2, -0.15) is 0 Å². The fourth-order valence-electron chi connectivity index (χ4n) is 3.30. The molecule has 2 aromatic heterocycles. The number of nitrogens with zero attached hydrogens (tertiary/aromatic N) is 5. The predicted molar refractivity (Wildman–Crippen MR) is 117 cm³/mol. The lowest BCUT2D eigenvalue weighted by atomic mass is 10.1. The highest BCUT2D eigenvalue weighted by atomic mass is 32.2. The second-order valence-corrected chi connectivity index (χ2v) is 8.05. The van der Waals surface area contributed by atoms with Crippen LogP contribution in [0.15, 0.2) is 36.7 Å². The van der Waals surface area contributed by atoms with Crippen molar-refractivity contribution < 1.29 is 4.39 Å². The summed E-state index contributed by atoms with van der Waals surface area (Å²) < 4.78 is 17.5. The molecular formula is C20H24FN7S. The summed E-state index contributed by atoms with van der Waals surface area (Å²) in [6.45, 7) is 5.43. The number of rotatable bonds is 6. The minimum Gasteiger partial charge on any atom is -0.382 e. The molecule has 4 rings (SSSR count). The number of nitrogens with one attached hydrogen (secondary N) is 1. The highest BCUT2D eigenvalue weighted by Gasteiger charge is 2.13. The maximum absolute atomic E-state index is 14.2. The van der Waals surface area contributed by atoms with Crippen molar-refractivity contribution in [2.24, 2.45) is 0 Å². The summed E-state index contributed by atoms with van der Waals surface area (Å²) in [5, 5.41) is 0. The average molecular weight is 414 g/mol. The molecule has 1 saturated heterocycles. The van der Waals surface area contributed by atoms with Crippen LogP contribution < -0.4 is 10.5 Å². The number of piperazine rings is 1. The number of likely N-dealkylation sites (N-methyl/N-ethyl adjacent to an activating group) is 1. The number of nitrogen functional groups attached to an aromatic ring is 1. The van der Waals surface area contributed by atoms with Crippen molar-refractivity contribution in [1.82, 2.24) is 24.8 Å². The maximum atomic E-state index is 14.2. The molecule has 0 amide bonds. The van der Waals surface area contributed by atoms with E-state index >= 15 is 0 Å². The molecule has 1 aromatic carbocycles. The third kappa shape index (κ3) is 4.92. The van der Waals surface area contributed by atoms with Crippen molar-refractivity contribution in [3.63, 3.8) is 0 Å². The summed E-state index contributed by atoms with van der Waals surface area (Å²) in [6.07, 6.45) is 1.41. The number of nitrogens with two attached hydrogens (primary N) is 1. The third-order valence-corrected chi connectivity index (χ3v) is 5.77. The fourth-order valence-corrected chi connectivity index (χ4v) is 4.03. The van der Waals surface area contributed by atoms with Crippen LogP contribution in [0.4, 0.5) is 15.9 Å². The van der Waals surface area contributed by atoms with E-state index in [0.29, 0.717) is 33.8 Å². The lowest BCUT2D eigenvalue weighted by Crippen LogP contribution is -2.45. The smallest absolute Gasteiger partial charge is 0.153 e. The van der Waals surface area contributed by atoms with Gasteiger partial charge in [-0.05, 0) is 37.4 Å². The zero-order valence-corrected chi connectivity index (χ0v) is 17.1. The Labute approximate surface area is 173 Å². The van der Waals surface area contributed by atoms with Crippen molar-refractivity contribution in [2.45, 2.75) is 0 Å². The molecule has 1 aliphatic heterocycles. The molecule has 0 saturated carbocycles. The monoisotopic (exact) mass is 413 g/mol. The second kappa shape index (κ2) is 8.89. The van der Waals surface area contributed by atoms with E-state index in [1.54, 1.807) is 11.9 Å². The van der Waals surface area contributed by atoms with Gasteiger partial charge in [-0.15, -0.1) is 0 Å². The SMILES string of the molecule is CN1CCN(CCSNc2cc(F)cc(-c3ccc4ncnc(N)c4n3)c2)CC1. The molecule has 3 aromatic rings.